The lowest BCUT2D eigenvalue weighted by Crippen LogP contribution is -2.18. The lowest BCUT2D eigenvalue weighted by molar-refractivity contribution is -0.116. The molecule has 2 aromatic rings. The third-order valence-electron chi connectivity index (χ3n) is 2.32. The summed E-state index contributed by atoms with van der Waals surface area (Å²) < 4.78 is 1.56. The van der Waals surface area contributed by atoms with Gasteiger partial charge >= 0.3 is 0 Å². The topological polar surface area (TPSA) is 46.9 Å². The van der Waals surface area contributed by atoms with Crippen LogP contribution < -0.4 is 5.32 Å². The molecule has 1 aromatic carbocycles. The lowest BCUT2D eigenvalue weighted by Gasteiger charge is -2.06. The number of nitrogens with one attached hydrogen (secondary N) is 1. The van der Waals surface area contributed by atoms with Gasteiger partial charge in [0.05, 0.1) is 0 Å². The standard InChI is InChI=1S/C12H12ClN3O/c1-9-3-4-10(7-11(9)13)15-12(17)8-16-6-2-5-14-16/h2-7H,8H2,1H3,(H,15,17). The Morgan fingerprint density at radius 1 is 1.53 bits per heavy atom. The van der Waals surface area contributed by atoms with Crippen LogP contribution in [0.4, 0.5) is 5.69 Å². The summed E-state index contributed by atoms with van der Waals surface area (Å²) >= 11 is 5.97. The minimum absolute atomic E-state index is 0.131. The predicted molar refractivity (Wildman–Crippen MR) is 67.0 cm³/mol. The number of carbonyl (C=O) groups excluding carboxylic acids is 1. The number of benzene rings is 1. The van der Waals surface area contributed by atoms with Gasteiger partial charge < -0.3 is 5.32 Å². The number of aromatic nitrogens is 2. The number of rotatable bonds is 3. The summed E-state index contributed by atoms with van der Waals surface area (Å²) in [5.74, 6) is -0.131. The largest absolute Gasteiger partial charge is 0.324 e. The van der Waals surface area contributed by atoms with Crippen LogP contribution in [0.2, 0.25) is 5.02 Å². The molecule has 1 N–H and O–H groups in total. The van der Waals surface area contributed by atoms with E-state index in [1.165, 1.54) is 0 Å². The van der Waals surface area contributed by atoms with Crippen LogP contribution in [0.3, 0.4) is 0 Å². The predicted octanol–water partition coefficient (Wildman–Crippen LogP) is 2.48. The van der Waals surface area contributed by atoms with Crippen molar-refractivity contribution in [1.82, 2.24) is 9.78 Å². The molecule has 4 nitrogen and oxygen atoms in total. The monoisotopic (exact) mass is 249 g/mol. The van der Waals surface area contributed by atoms with Crippen molar-refractivity contribution in [2.75, 3.05) is 5.32 Å². The lowest BCUT2D eigenvalue weighted by atomic mass is 10.2. The molecular formula is C12H12ClN3O. The molecule has 0 bridgehead atoms. The fourth-order valence-electron chi connectivity index (χ4n) is 1.41. The highest BCUT2D eigenvalue weighted by Crippen LogP contribution is 2.19. The normalized spacial score (nSPS) is 10.2. The maximum absolute atomic E-state index is 11.7. The second kappa shape index (κ2) is 5.01. The zero-order valence-electron chi connectivity index (χ0n) is 9.35. The number of hydrogen-bond donors (Lipinski definition) is 1. The zero-order valence-corrected chi connectivity index (χ0v) is 10.1. The van der Waals surface area contributed by atoms with Crippen LogP contribution in [0.5, 0.6) is 0 Å². The quantitative estimate of drug-likeness (QED) is 0.909. The molecule has 0 spiro atoms. The van der Waals surface area contributed by atoms with Crippen molar-refractivity contribution in [3.63, 3.8) is 0 Å². The number of hydrogen-bond acceptors (Lipinski definition) is 2. The molecule has 0 atom stereocenters. The molecule has 0 saturated heterocycles. The fourth-order valence-corrected chi connectivity index (χ4v) is 1.59. The maximum Gasteiger partial charge on any atom is 0.246 e. The summed E-state index contributed by atoms with van der Waals surface area (Å²) in [7, 11) is 0. The summed E-state index contributed by atoms with van der Waals surface area (Å²) in [4.78, 5) is 11.7. The summed E-state index contributed by atoms with van der Waals surface area (Å²) in [6.45, 7) is 2.11. The van der Waals surface area contributed by atoms with Gasteiger partial charge in [-0.3, -0.25) is 9.48 Å². The number of amides is 1. The molecule has 5 heteroatoms. The van der Waals surface area contributed by atoms with Crippen LogP contribution in [-0.2, 0) is 11.3 Å². The Balaban J connectivity index is 2.00. The highest BCUT2D eigenvalue weighted by Gasteiger charge is 2.04. The van der Waals surface area contributed by atoms with Gasteiger partial charge in [0.25, 0.3) is 0 Å². The first-order chi connectivity index (χ1) is 8.15. The number of aryl methyl sites for hydroxylation is 1. The first-order valence-corrected chi connectivity index (χ1v) is 5.56. The summed E-state index contributed by atoms with van der Waals surface area (Å²) in [6.07, 6.45) is 3.37. The van der Waals surface area contributed by atoms with Gasteiger partial charge in [0.1, 0.15) is 6.54 Å². The molecule has 0 fully saturated rings. The maximum atomic E-state index is 11.7. The molecule has 1 heterocycles. The van der Waals surface area contributed by atoms with Crippen LogP contribution >= 0.6 is 11.6 Å². The molecule has 1 aromatic heterocycles. The fraction of sp³-hybridized carbons (Fsp3) is 0.167. The van der Waals surface area contributed by atoms with Gasteiger partial charge in [-0.25, -0.2) is 0 Å². The Hall–Kier alpha value is -1.81. The van der Waals surface area contributed by atoms with E-state index in [0.29, 0.717) is 10.7 Å². The molecule has 0 saturated carbocycles. The smallest absolute Gasteiger partial charge is 0.246 e. The molecule has 17 heavy (non-hydrogen) atoms. The second-order valence-corrected chi connectivity index (χ2v) is 4.12. The number of nitrogens with zero attached hydrogens (tertiary/aromatic N) is 2. The van der Waals surface area contributed by atoms with Gasteiger partial charge in [-0.2, -0.15) is 5.10 Å². The van der Waals surface area contributed by atoms with Crippen LogP contribution in [0, 0.1) is 6.92 Å². The van der Waals surface area contributed by atoms with Crippen molar-refractivity contribution in [2.45, 2.75) is 13.5 Å². The molecule has 88 valence electrons. The van der Waals surface area contributed by atoms with E-state index < -0.39 is 0 Å². The highest BCUT2D eigenvalue weighted by atomic mass is 35.5. The van der Waals surface area contributed by atoms with Gasteiger partial charge in [-0.05, 0) is 30.7 Å². The van der Waals surface area contributed by atoms with Crippen molar-refractivity contribution in [1.29, 1.82) is 0 Å². The van der Waals surface area contributed by atoms with Gasteiger partial charge in [-0.15, -0.1) is 0 Å². The Kier molecular flexibility index (Phi) is 3.44. The van der Waals surface area contributed by atoms with Crippen LogP contribution in [0.15, 0.2) is 36.7 Å². The van der Waals surface area contributed by atoms with Gasteiger partial charge in [0.15, 0.2) is 0 Å². The Morgan fingerprint density at radius 2 is 2.35 bits per heavy atom. The average Bonchev–Trinajstić information content (AvgIpc) is 2.76. The number of carbonyl (C=O) groups is 1. The first kappa shape index (κ1) is 11.7. The molecule has 0 radical (unpaired) electrons. The minimum Gasteiger partial charge on any atom is -0.324 e. The van der Waals surface area contributed by atoms with E-state index in [2.05, 4.69) is 10.4 Å². The Morgan fingerprint density at radius 3 is 3.00 bits per heavy atom. The van der Waals surface area contributed by atoms with Gasteiger partial charge in [-0.1, -0.05) is 17.7 Å². The van der Waals surface area contributed by atoms with Crippen molar-refractivity contribution >= 4 is 23.2 Å². The zero-order chi connectivity index (χ0) is 12.3. The molecule has 2 rings (SSSR count). The van der Waals surface area contributed by atoms with E-state index in [9.17, 15) is 4.79 Å². The Labute approximate surface area is 104 Å². The minimum atomic E-state index is -0.131. The van der Waals surface area contributed by atoms with Gasteiger partial charge in [0.2, 0.25) is 5.91 Å². The molecule has 0 aliphatic rings. The van der Waals surface area contributed by atoms with Crippen LogP contribution in [0.1, 0.15) is 5.56 Å². The third-order valence-corrected chi connectivity index (χ3v) is 2.73. The summed E-state index contributed by atoms with van der Waals surface area (Å²) in [5.41, 5.74) is 1.68. The molecule has 0 aliphatic carbocycles. The number of anilines is 1. The van der Waals surface area contributed by atoms with E-state index in [1.54, 1.807) is 29.2 Å². The summed E-state index contributed by atoms with van der Waals surface area (Å²) in [5, 5.41) is 7.36. The van der Waals surface area contributed by atoms with E-state index in [4.69, 9.17) is 11.6 Å². The summed E-state index contributed by atoms with van der Waals surface area (Å²) in [6, 6.07) is 7.20. The molecular weight excluding hydrogens is 238 g/mol. The van der Waals surface area contributed by atoms with E-state index in [1.807, 2.05) is 19.1 Å². The molecule has 1 amide bonds. The van der Waals surface area contributed by atoms with E-state index in [0.717, 1.165) is 5.56 Å². The van der Waals surface area contributed by atoms with Gasteiger partial charge in [0, 0.05) is 23.1 Å². The van der Waals surface area contributed by atoms with Crippen LogP contribution in [0.25, 0.3) is 0 Å². The molecule has 0 unspecified atom stereocenters. The van der Waals surface area contributed by atoms with E-state index in [-0.39, 0.29) is 12.5 Å². The SMILES string of the molecule is Cc1ccc(NC(=O)Cn2cccn2)cc1Cl. The third kappa shape index (κ3) is 3.07. The van der Waals surface area contributed by atoms with Crippen molar-refractivity contribution in [3.05, 3.63) is 47.2 Å². The first-order valence-electron chi connectivity index (χ1n) is 5.18. The second-order valence-electron chi connectivity index (χ2n) is 3.72. The van der Waals surface area contributed by atoms with Crippen LogP contribution in [-0.4, -0.2) is 15.7 Å². The van der Waals surface area contributed by atoms with Crippen molar-refractivity contribution in [3.8, 4) is 0 Å². The van der Waals surface area contributed by atoms with Crippen molar-refractivity contribution in [2.24, 2.45) is 0 Å². The van der Waals surface area contributed by atoms with E-state index >= 15 is 0 Å². The highest BCUT2D eigenvalue weighted by molar-refractivity contribution is 6.31. The Bertz CT molecular complexity index is 523. The van der Waals surface area contributed by atoms with Crippen molar-refractivity contribution < 1.29 is 4.79 Å². The number of halogens is 1. The average molecular weight is 250 g/mol. The molecule has 0 aliphatic heterocycles.